The molecule has 2 aromatic carbocycles. The summed E-state index contributed by atoms with van der Waals surface area (Å²) < 4.78 is 11.3. The number of benzene rings is 2. The molecule has 7 nitrogen and oxygen atoms in total. The summed E-state index contributed by atoms with van der Waals surface area (Å²) in [6.45, 7) is 2.32. The Morgan fingerprint density at radius 1 is 1.10 bits per heavy atom. The van der Waals surface area contributed by atoms with Gasteiger partial charge in [-0.25, -0.2) is 0 Å². The average Bonchev–Trinajstić information content (AvgIpc) is 2.74. The first kappa shape index (κ1) is 21.5. The summed E-state index contributed by atoms with van der Waals surface area (Å²) in [5.41, 5.74) is 1.75. The predicted octanol–water partition coefficient (Wildman–Crippen LogP) is 2.90. The largest absolute Gasteiger partial charge is 0.496 e. The normalized spacial score (nSPS) is 13.5. The first-order valence-electron chi connectivity index (χ1n) is 8.91. The summed E-state index contributed by atoms with van der Waals surface area (Å²) in [7, 11) is 1.58. The van der Waals surface area contributed by atoms with Crippen molar-refractivity contribution in [3.8, 4) is 5.75 Å². The molecule has 3 rings (SSSR count). The number of methoxy groups -OCH3 is 1. The lowest BCUT2D eigenvalue weighted by Gasteiger charge is -2.26. The molecular weight excluding hydrogens is 505 g/mol. The number of ether oxygens (including phenoxy) is 2. The van der Waals surface area contributed by atoms with E-state index in [1.165, 1.54) is 0 Å². The summed E-state index contributed by atoms with van der Waals surface area (Å²) in [6, 6.07) is 12.1. The Balaban J connectivity index is 1.57. The highest BCUT2D eigenvalue weighted by atomic mass is 127. The molecule has 2 N–H and O–H groups in total. The highest BCUT2D eigenvalue weighted by Crippen LogP contribution is 2.21. The van der Waals surface area contributed by atoms with E-state index in [-0.39, 0.29) is 16.9 Å². The number of amides is 2. The molecule has 2 amide bonds. The molecule has 0 bridgehead atoms. The van der Waals surface area contributed by atoms with Gasteiger partial charge < -0.3 is 19.7 Å². The Kier molecular flexibility index (Phi) is 7.40. The second kappa shape index (κ2) is 9.99. The molecule has 29 heavy (non-hydrogen) atoms. The van der Waals surface area contributed by atoms with E-state index >= 15 is 0 Å². The average molecular weight is 525 g/mol. The Morgan fingerprint density at radius 3 is 2.38 bits per heavy atom. The van der Waals surface area contributed by atoms with Crippen LogP contribution in [0.5, 0.6) is 5.75 Å². The number of carbonyl (C=O) groups excluding carboxylic acids is 2. The van der Waals surface area contributed by atoms with Gasteiger partial charge in [-0.05, 0) is 77.3 Å². The van der Waals surface area contributed by atoms with Crippen molar-refractivity contribution in [2.45, 2.75) is 0 Å². The van der Waals surface area contributed by atoms with E-state index in [0.29, 0.717) is 48.9 Å². The molecule has 0 aromatic heterocycles. The number of morpholine rings is 1. The van der Waals surface area contributed by atoms with Gasteiger partial charge in [-0.2, -0.15) is 0 Å². The summed E-state index contributed by atoms with van der Waals surface area (Å²) in [6.07, 6.45) is 0. The van der Waals surface area contributed by atoms with E-state index < -0.39 is 0 Å². The van der Waals surface area contributed by atoms with Crippen LogP contribution in [0.15, 0.2) is 42.5 Å². The molecule has 152 valence electrons. The van der Waals surface area contributed by atoms with Crippen LogP contribution in [-0.2, 0) is 4.74 Å². The third-order valence-electron chi connectivity index (χ3n) is 4.33. The van der Waals surface area contributed by atoms with Crippen LogP contribution in [0, 0.1) is 3.57 Å². The maximum atomic E-state index is 12.5. The monoisotopic (exact) mass is 525 g/mol. The highest BCUT2D eigenvalue weighted by Gasteiger charge is 2.18. The summed E-state index contributed by atoms with van der Waals surface area (Å²) in [4.78, 5) is 26.6. The van der Waals surface area contributed by atoms with E-state index in [9.17, 15) is 9.59 Å². The zero-order chi connectivity index (χ0) is 20.8. The lowest BCUT2D eigenvalue weighted by atomic mass is 10.1. The second-order valence-electron chi connectivity index (χ2n) is 6.24. The molecule has 1 fully saturated rings. The van der Waals surface area contributed by atoms with Gasteiger partial charge in [0.25, 0.3) is 11.8 Å². The van der Waals surface area contributed by atoms with E-state index in [2.05, 4.69) is 33.2 Å². The van der Waals surface area contributed by atoms with Gasteiger partial charge in [-0.15, -0.1) is 0 Å². The standard InChI is InChI=1S/C20H20IN3O4S/c1-27-17-7-4-14(12-16(17)21)18(25)23-20(29)22-15-5-2-13(3-6-15)19(26)24-8-10-28-11-9-24/h2-7,12H,8-11H2,1H3,(H2,22,23,25,29). The Labute approximate surface area is 187 Å². The van der Waals surface area contributed by atoms with Crippen molar-refractivity contribution >= 4 is 57.4 Å². The van der Waals surface area contributed by atoms with Gasteiger partial charge in [0.15, 0.2) is 5.11 Å². The molecule has 1 saturated heterocycles. The zero-order valence-corrected chi connectivity index (χ0v) is 18.7. The number of nitrogens with zero attached hydrogens (tertiary/aromatic N) is 1. The van der Waals surface area contributed by atoms with E-state index in [4.69, 9.17) is 21.7 Å². The minimum absolute atomic E-state index is 0.0233. The SMILES string of the molecule is COc1ccc(C(=O)NC(=S)Nc2ccc(C(=O)N3CCOCC3)cc2)cc1I. The molecule has 9 heteroatoms. The molecule has 1 heterocycles. The van der Waals surface area contributed by atoms with Crippen molar-refractivity contribution in [1.29, 1.82) is 0 Å². The molecule has 2 aromatic rings. The molecule has 1 aliphatic rings. The van der Waals surface area contributed by atoms with Crippen LogP contribution >= 0.6 is 34.8 Å². The minimum atomic E-state index is -0.317. The zero-order valence-electron chi connectivity index (χ0n) is 15.7. The summed E-state index contributed by atoms with van der Waals surface area (Å²) in [5, 5.41) is 5.77. The number of rotatable bonds is 4. The fourth-order valence-corrected chi connectivity index (χ4v) is 3.74. The lowest BCUT2D eigenvalue weighted by Crippen LogP contribution is -2.40. The van der Waals surface area contributed by atoms with Gasteiger partial charge in [0.05, 0.1) is 23.9 Å². The maximum absolute atomic E-state index is 12.5. The van der Waals surface area contributed by atoms with Crippen LogP contribution in [0.1, 0.15) is 20.7 Å². The van der Waals surface area contributed by atoms with E-state index in [0.717, 1.165) is 3.57 Å². The Morgan fingerprint density at radius 2 is 1.76 bits per heavy atom. The van der Waals surface area contributed by atoms with Crippen LogP contribution in [0.25, 0.3) is 0 Å². The number of hydrogen-bond acceptors (Lipinski definition) is 5. The molecule has 1 aliphatic heterocycles. The number of halogens is 1. The maximum Gasteiger partial charge on any atom is 0.257 e. The quantitative estimate of drug-likeness (QED) is 0.473. The number of anilines is 1. The Bertz CT molecular complexity index is 914. The summed E-state index contributed by atoms with van der Waals surface area (Å²) in [5.74, 6) is 0.363. The number of carbonyl (C=O) groups is 2. The highest BCUT2D eigenvalue weighted by molar-refractivity contribution is 14.1. The molecule has 0 spiro atoms. The Hall–Kier alpha value is -2.24. The molecular formula is C20H20IN3O4S. The van der Waals surface area contributed by atoms with Crippen LogP contribution in [-0.4, -0.2) is 55.2 Å². The van der Waals surface area contributed by atoms with Crippen molar-refractivity contribution in [3.05, 3.63) is 57.2 Å². The molecule has 0 unspecified atom stereocenters. The number of nitrogens with one attached hydrogen (secondary N) is 2. The van der Waals surface area contributed by atoms with Gasteiger partial charge in [0.1, 0.15) is 5.75 Å². The predicted molar refractivity (Wildman–Crippen MR) is 123 cm³/mol. The van der Waals surface area contributed by atoms with Gasteiger partial charge in [0.2, 0.25) is 0 Å². The van der Waals surface area contributed by atoms with Crippen LogP contribution in [0.4, 0.5) is 5.69 Å². The van der Waals surface area contributed by atoms with E-state index in [1.54, 1.807) is 54.5 Å². The van der Waals surface area contributed by atoms with Crippen LogP contribution < -0.4 is 15.4 Å². The first-order valence-corrected chi connectivity index (χ1v) is 10.4. The van der Waals surface area contributed by atoms with Crippen LogP contribution in [0.3, 0.4) is 0 Å². The molecule has 0 radical (unpaired) electrons. The van der Waals surface area contributed by atoms with Crippen molar-refractivity contribution in [3.63, 3.8) is 0 Å². The third kappa shape index (κ3) is 5.64. The molecule has 0 aliphatic carbocycles. The fourth-order valence-electron chi connectivity index (χ4n) is 2.79. The number of hydrogen-bond donors (Lipinski definition) is 2. The van der Waals surface area contributed by atoms with Crippen molar-refractivity contribution in [1.82, 2.24) is 10.2 Å². The van der Waals surface area contributed by atoms with Gasteiger partial charge in [0, 0.05) is 29.9 Å². The lowest BCUT2D eigenvalue weighted by molar-refractivity contribution is 0.0303. The summed E-state index contributed by atoms with van der Waals surface area (Å²) >= 11 is 7.33. The van der Waals surface area contributed by atoms with Gasteiger partial charge in [-0.3, -0.25) is 14.9 Å². The fraction of sp³-hybridized carbons (Fsp3) is 0.250. The number of thiocarbonyl (C=S) groups is 1. The molecule has 0 atom stereocenters. The topological polar surface area (TPSA) is 79.9 Å². The van der Waals surface area contributed by atoms with Crippen LogP contribution in [0.2, 0.25) is 0 Å². The van der Waals surface area contributed by atoms with Crippen molar-refractivity contribution in [2.75, 3.05) is 38.7 Å². The van der Waals surface area contributed by atoms with Gasteiger partial charge >= 0.3 is 0 Å². The van der Waals surface area contributed by atoms with Gasteiger partial charge in [-0.1, -0.05) is 0 Å². The molecule has 0 saturated carbocycles. The second-order valence-corrected chi connectivity index (χ2v) is 7.81. The third-order valence-corrected chi connectivity index (χ3v) is 5.38. The smallest absolute Gasteiger partial charge is 0.257 e. The van der Waals surface area contributed by atoms with E-state index in [1.807, 2.05) is 0 Å². The minimum Gasteiger partial charge on any atom is -0.496 e. The van der Waals surface area contributed by atoms with Crippen molar-refractivity contribution in [2.24, 2.45) is 0 Å². The van der Waals surface area contributed by atoms with Crippen molar-refractivity contribution < 1.29 is 19.1 Å². The first-order chi connectivity index (χ1) is 14.0.